The zero-order valence-electron chi connectivity index (χ0n) is 9.42. The minimum atomic E-state index is 0.713. The van der Waals surface area contributed by atoms with Crippen LogP contribution in [0.25, 0.3) is 0 Å². The average Bonchev–Trinajstić information content (AvgIpc) is 3.07. The number of benzene rings is 1. The number of nitrogens with two attached hydrogens (primary N) is 1. The molecule has 2 N–H and O–H groups in total. The van der Waals surface area contributed by atoms with Crippen molar-refractivity contribution < 1.29 is 4.74 Å². The second-order valence-corrected chi connectivity index (χ2v) is 4.88. The molecule has 0 aliphatic heterocycles. The maximum absolute atomic E-state index is 6.05. The van der Waals surface area contributed by atoms with Crippen LogP contribution >= 0.6 is 11.6 Å². The fourth-order valence-electron chi connectivity index (χ4n) is 1.65. The van der Waals surface area contributed by atoms with Crippen molar-refractivity contribution in [2.75, 3.05) is 13.2 Å². The van der Waals surface area contributed by atoms with Crippen molar-refractivity contribution in [3.8, 4) is 5.75 Å². The lowest BCUT2D eigenvalue weighted by molar-refractivity contribution is 0.299. The van der Waals surface area contributed by atoms with Gasteiger partial charge in [0, 0.05) is 5.02 Å². The van der Waals surface area contributed by atoms with Crippen molar-refractivity contribution in [3.05, 3.63) is 28.8 Å². The molecule has 3 heteroatoms. The third kappa shape index (κ3) is 3.69. The van der Waals surface area contributed by atoms with Crippen LogP contribution in [0.15, 0.2) is 18.2 Å². The second-order valence-electron chi connectivity index (χ2n) is 4.44. The van der Waals surface area contributed by atoms with Crippen molar-refractivity contribution in [1.82, 2.24) is 0 Å². The first-order valence-corrected chi connectivity index (χ1v) is 6.28. The van der Waals surface area contributed by atoms with E-state index in [4.69, 9.17) is 22.1 Å². The summed E-state index contributed by atoms with van der Waals surface area (Å²) < 4.78 is 5.72. The number of rotatable bonds is 6. The van der Waals surface area contributed by atoms with Gasteiger partial charge in [0.1, 0.15) is 5.75 Å². The van der Waals surface area contributed by atoms with Crippen LogP contribution in [0.5, 0.6) is 5.75 Å². The molecule has 0 amide bonds. The van der Waals surface area contributed by atoms with Crippen molar-refractivity contribution in [2.45, 2.75) is 25.7 Å². The molecule has 0 saturated heterocycles. The van der Waals surface area contributed by atoms with Gasteiger partial charge in [-0.25, -0.2) is 0 Å². The first-order valence-electron chi connectivity index (χ1n) is 5.90. The van der Waals surface area contributed by atoms with Crippen molar-refractivity contribution in [3.63, 3.8) is 0 Å². The molecule has 0 radical (unpaired) electrons. The average molecular weight is 240 g/mol. The number of ether oxygens (including phenoxy) is 1. The molecule has 0 bridgehead atoms. The van der Waals surface area contributed by atoms with Gasteiger partial charge in [0.2, 0.25) is 0 Å². The molecule has 2 nitrogen and oxygen atoms in total. The van der Waals surface area contributed by atoms with Crippen LogP contribution in [0, 0.1) is 5.92 Å². The number of aryl methyl sites for hydroxylation is 1. The lowest BCUT2D eigenvalue weighted by Gasteiger charge is -2.08. The van der Waals surface area contributed by atoms with Gasteiger partial charge >= 0.3 is 0 Å². The fraction of sp³-hybridized carbons (Fsp3) is 0.538. The lowest BCUT2D eigenvalue weighted by atomic mass is 10.1. The highest BCUT2D eigenvalue weighted by atomic mass is 35.5. The smallest absolute Gasteiger partial charge is 0.121 e. The zero-order valence-corrected chi connectivity index (χ0v) is 10.2. The molecule has 0 unspecified atom stereocenters. The Morgan fingerprint density at radius 1 is 1.31 bits per heavy atom. The van der Waals surface area contributed by atoms with E-state index in [1.807, 2.05) is 12.1 Å². The summed E-state index contributed by atoms with van der Waals surface area (Å²) >= 11 is 6.05. The van der Waals surface area contributed by atoms with Crippen LogP contribution in [-0.2, 0) is 6.42 Å². The first kappa shape index (κ1) is 11.7. The van der Waals surface area contributed by atoms with Crippen LogP contribution in [-0.4, -0.2) is 13.2 Å². The Kier molecular flexibility index (Phi) is 4.08. The zero-order chi connectivity index (χ0) is 11.4. The van der Waals surface area contributed by atoms with Crippen LogP contribution in [0.4, 0.5) is 0 Å². The molecule has 1 fully saturated rings. The van der Waals surface area contributed by atoms with Gasteiger partial charge in [0.15, 0.2) is 0 Å². The van der Waals surface area contributed by atoms with Gasteiger partial charge in [0.05, 0.1) is 6.61 Å². The van der Waals surface area contributed by atoms with E-state index in [2.05, 4.69) is 6.07 Å². The maximum Gasteiger partial charge on any atom is 0.121 e. The molecule has 1 saturated carbocycles. The minimum absolute atomic E-state index is 0.713. The van der Waals surface area contributed by atoms with Crippen LogP contribution in [0.2, 0.25) is 5.02 Å². The van der Waals surface area contributed by atoms with Crippen molar-refractivity contribution >= 4 is 11.6 Å². The minimum Gasteiger partial charge on any atom is -0.493 e. The highest BCUT2D eigenvalue weighted by Crippen LogP contribution is 2.30. The number of halogens is 1. The van der Waals surface area contributed by atoms with Gasteiger partial charge in [-0.1, -0.05) is 11.6 Å². The Labute approximate surface area is 102 Å². The Morgan fingerprint density at radius 2 is 2.12 bits per heavy atom. The predicted molar refractivity (Wildman–Crippen MR) is 67.0 cm³/mol. The molecule has 16 heavy (non-hydrogen) atoms. The van der Waals surface area contributed by atoms with E-state index < -0.39 is 0 Å². The topological polar surface area (TPSA) is 35.2 Å². The van der Waals surface area contributed by atoms with Gasteiger partial charge in [0.25, 0.3) is 0 Å². The lowest BCUT2D eigenvalue weighted by Crippen LogP contribution is -2.02. The standard InChI is InChI=1S/C13H18ClNO/c14-12-6-11(2-1-5-15)7-13(8-12)16-9-10-3-4-10/h6-8,10H,1-5,9,15H2. The summed E-state index contributed by atoms with van der Waals surface area (Å²) in [6.07, 6.45) is 4.57. The van der Waals surface area contributed by atoms with Gasteiger partial charge in [-0.05, 0) is 61.9 Å². The van der Waals surface area contributed by atoms with E-state index >= 15 is 0 Å². The summed E-state index contributed by atoms with van der Waals surface area (Å²) in [5.41, 5.74) is 6.71. The van der Waals surface area contributed by atoms with Gasteiger partial charge in [-0.3, -0.25) is 0 Å². The second kappa shape index (κ2) is 5.55. The number of hydrogen-bond donors (Lipinski definition) is 1. The Hall–Kier alpha value is -0.730. The van der Waals surface area contributed by atoms with E-state index in [0.717, 1.165) is 36.1 Å². The van der Waals surface area contributed by atoms with Gasteiger partial charge < -0.3 is 10.5 Å². The third-order valence-electron chi connectivity index (χ3n) is 2.78. The van der Waals surface area contributed by atoms with E-state index in [-0.39, 0.29) is 0 Å². The molecular weight excluding hydrogens is 222 g/mol. The SMILES string of the molecule is NCCCc1cc(Cl)cc(OCC2CC2)c1. The molecular formula is C13H18ClNO. The highest BCUT2D eigenvalue weighted by Gasteiger charge is 2.21. The molecule has 0 heterocycles. The van der Waals surface area contributed by atoms with Gasteiger partial charge in [-0.15, -0.1) is 0 Å². The summed E-state index contributed by atoms with van der Waals surface area (Å²) in [5, 5.41) is 0.750. The van der Waals surface area contributed by atoms with E-state index in [1.165, 1.54) is 18.4 Å². The number of hydrogen-bond acceptors (Lipinski definition) is 2. The summed E-state index contributed by atoms with van der Waals surface area (Å²) in [5.74, 6) is 1.66. The molecule has 0 atom stereocenters. The van der Waals surface area contributed by atoms with Crippen LogP contribution in [0.1, 0.15) is 24.8 Å². The Morgan fingerprint density at radius 3 is 2.81 bits per heavy atom. The van der Waals surface area contributed by atoms with Crippen molar-refractivity contribution in [1.29, 1.82) is 0 Å². The molecule has 1 aliphatic rings. The summed E-state index contributed by atoms with van der Waals surface area (Å²) in [7, 11) is 0. The molecule has 1 aromatic rings. The van der Waals surface area contributed by atoms with Crippen LogP contribution in [0.3, 0.4) is 0 Å². The fourth-order valence-corrected chi connectivity index (χ4v) is 1.90. The third-order valence-corrected chi connectivity index (χ3v) is 3.00. The van der Waals surface area contributed by atoms with E-state index in [9.17, 15) is 0 Å². The van der Waals surface area contributed by atoms with Crippen LogP contribution < -0.4 is 10.5 Å². The molecule has 1 aliphatic carbocycles. The molecule has 0 aromatic heterocycles. The van der Waals surface area contributed by atoms with E-state index in [1.54, 1.807) is 0 Å². The maximum atomic E-state index is 6.05. The molecule has 1 aromatic carbocycles. The predicted octanol–water partition coefficient (Wildman–Crippen LogP) is 3.02. The summed E-state index contributed by atoms with van der Waals surface area (Å²) in [4.78, 5) is 0. The molecule has 88 valence electrons. The molecule has 2 rings (SSSR count). The monoisotopic (exact) mass is 239 g/mol. The normalized spacial score (nSPS) is 15.1. The molecule has 0 spiro atoms. The largest absolute Gasteiger partial charge is 0.493 e. The Bertz CT molecular complexity index is 350. The van der Waals surface area contributed by atoms with E-state index in [0.29, 0.717) is 6.54 Å². The highest BCUT2D eigenvalue weighted by molar-refractivity contribution is 6.30. The first-order chi connectivity index (χ1) is 7.78. The summed E-state index contributed by atoms with van der Waals surface area (Å²) in [6, 6.07) is 5.95. The van der Waals surface area contributed by atoms with Crippen molar-refractivity contribution in [2.24, 2.45) is 11.7 Å². The van der Waals surface area contributed by atoms with Gasteiger partial charge in [-0.2, -0.15) is 0 Å². The summed E-state index contributed by atoms with van der Waals surface area (Å²) in [6.45, 7) is 1.54. The quantitative estimate of drug-likeness (QED) is 0.828. The Balaban J connectivity index is 1.96.